The SMILES string of the molecule is O=C(Nc1nc(-c2cccs2)co1)C1=Cc2ccccc2SN1. The van der Waals surface area contributed by atoms with Gasteiger partial charge in [-0.2, -0.15) is 4.98 Å². The van der Waals surface area contributed by atoms with Crippen LogP contribution in [0.1, 0.15) is 5.56 Å². The fourth-order valence-electron chi connectivity index (χ4n) is 2.13. The number of hydrogen-bond donors (Lipinski definition) is 2. The lowest BCUT2D eigenvalue weighted by Gasteiger charge is -2.16. The molecule has 0 aliphatic carbocycles. The lowest BCUT2D eigenvalue weighted by Crippen LogP contribution is -2.23. The number of carbonyl (C=O) groups is 1. The molecular weight excluding hydrogens is 330 g/mol. The van der Waals surface area contributed by atoms with Gasteiger partial charge in [-0.1, -0.05) is 24.3 Å². The molecule has 0 spiro atoms. The molecule has 3 heterocycles. The van der Waals surface area contributed by atoms with E-state index in [1.165, 1.54) is 18.2 Å². The Morgan fingerprint density at radius 3 is 3.00 bits per heavy atom. The van der Waals surface area contributed by atoms with Crippen molar-refractivity contribution in [1.29, 1.82) is 0 Å². The molecule has 114 valence electrons. The van der Waals surface area contributed by atoms with Crippen molar-refractivity contribution in [1.82, 2.24) is 9.71 Å². The van der Waals surface area contributed by atoms with Gasteiger partial charge in [0.05, 0.1) is 4.88 Å². The summed E-state index contributed by atoms with van der Waals surface area (Å²) >= 11 is 2.98. The summed E-state index contributed by atoms with van der Waals surface area (Å²) in [7, 11) is 0. The zero-order valence-electron chi connectivity index (χ0n) is 11.8. The summed E-state index contributed by atoms with van der Waals surface area (Å²) in [6.45, 7) is 0. The van der Waals surface area contributed by atoms with E-state index in [9.17, 15) is 4.79 Å². The number of benzene rings is 1. The number of nitrogens with one attached hydrogen (secondary N) is 2. The first-order chi connectivity index (χ1) is 11.3. The Labute approximate surface area is 140 Å². The molecule has 4 rings (SSSR count). The topological polar surface area (TPSA) is 67.2 Å². The molecule has 2 N–H and O–H groups in total. The second-order valence-corrected chi connectivity index (χ2v) is 6.57. The van der Waals surface area contributed by atoms with E-state index in [1.807, 2.05) is 47.9 Å². The summed E-state index contributed by atoms with van der Waals surface area (Å²) in [5.74, 6) is -0.286. The number of carbonyl (C=O) groups excluding carboxylic acids is 1. The van der Waals surface area contributed by atoms with Crippen LogP contribution in [0.3, 0.4) is 0 Å². The maximum atomic E-state index is 12.3. The number of fused-ring (bicyclic) bond motifs is 1. The van der Waals surface area contributed by atoms with Crippen LogP contribution in [0.25, 0.3) is 16.6 Å². The third-order valence-electron chi connectivity index (χ3n) is 3.23. The summed E-state index contributed by atoms with van der Waals surface area (Å²) in [6.07, 6.45) is 3.35. The maximum Gasteiger partial charge on any atom is 0.302 e. The molecule has 2 aromatic heterocycles. The Balaban J connectivity index is 1.52. The van der Waals surface area contributed by atoms with Gasteiger partial charge in [0.1, 0.15) is 17.7 Å². The van der Waals surface area contributed by atoms with Gasteiger partial charge in [0, 0.05) is 4.90 Å². The van der Waals surface area contributed by atoms with Crippen LogP contribution in [0, 0.1) is 0 Å². The molecule has 0 radical (unpaired) electrons. The molecule has 0 fully saturated rings. The van der Waals surface area contributed by atoms with Crippen molar-refractivity contribution in [2.75, 3.05) is 5.32 Å². The summed E-state index contributed by atoms with van der Waals surface area (Å²) in [5, 5.41) is 4.63. The average molecular weight is 341 g/mol. The van der Waals surface area contributed by atoms with Gasteiger partial charge in [0.25, 0.3) is 5.91 Å². The molecule has 0 bridgehead atoms. The van der Waals surface area contributed by atoms with Gasteiger partial charge in [0.2, 0.25) is 0 Å². The number of anilines is 1. The predicted octanol–water partition coefficient (Wildman–Crippen LogP) is 3.99. The summed E-state index contributed by atoms with van der Waals surface area (Å²) < 4.78 is 8.35. The van der Waals surface area contributed by atoms with Gasteiger partial charge in [-0.05, 0) is 41.1 Å². The number of amides is 1. The molecule has 23 heavy (non-hydrogen) atoms. The molecule has 5 nitrogen and oxygen atoms in total. The average Bonchev–Trinajstić information content (AvgIpc) is 3.25. The second kappa shape index (κ2) is 5.94. The van der Waals surface area contributed by atoms with Gasteiger partial charge in [-0.25, -0.2) is 0 Å². The normalized spacial score (nSPS) is 13.0. The Hall–Kier alpha value is -2.51. The maximum absolute atomic E-state index is 12.3. The zero-order chi connectivity index (χ0) is 15.6. The molecule has 1 aromatic carbocycles. The number of rotatable bonds is 3. The summed E-state index contributed by atoms with van der Waals surface area (Å²) in [6, 6.07) is 12.0. The first kappa shape index (κ1) is 14.1. The highest BCUT2D eigenvalue weighted by Crippen LogP contribution is 2.28. The van der Waals surface area contributed by atoms with E-state index in [0.29, 0.717) is 11.4 Å². The molecule has 1 amide bonds. The van der Waals surface area contributed by atoms with Crippen molar-refractivity contribution in [2.24, 2.45) is 0 Å². The number of thiophene rings is 1. The van der Waals surface area contributed by atoms with Crippen LogP contribution in [0.15, 0.2) is 63.1 Å². The summed E-state index contributed by atoms with van der Waals surface area (Å²) in [4.78, 5) is 18.7. The van der Waals surface area contributed by atoms with E-state index in [-0.39, 0.29) is 11.9 Å². The van der Waals surface area contributed by atoms with Gasteiger partial charge in [-0.15, -0.1) is 11.3 Å². The van der Waals surface area contributed by atoms with Gasteiger partial charge in [-0.3, -0.25) is 10.1 Å². The van der Waals surface area contributed by atoms with E-state index in [2.05, 4.69) is 15.0 Å². The van der Waals surface area contributed by atoms with Crippen LogP contribution in [0.2, 0.25) is 0 Å². The van der Waals surface area contributed by atoms with Crippen molar-refractivity contribution < 1.29 is 9.21 Å². The van der Waals surface area contributed by atoms with Crippen molar-refractivity contribution in [3.63, 3.8) is 0 Å². The Bertz CT molecular complexity index is 884. The number of nitrogens with zero attached hydrogens (tertiary/aromatic N) is 1. The van der Waals surface area contributed by atoms with E-state index in [4.69, 9.17) is 4.42 Å². The fourth-order valence-corrected chi connectivity index (χ4v) is 3.57. The van der Waals surface area contributed by atoms with E-state index in [0.717, 1.165) is 15.3 Å². The molecule has 0 unspecified atom stereocenters. The van der Waals surface area contributed by atoms with Crippen LogP contribution in [0.4, 0.5) is 6.01 Å². The Morgan fingerprint density at radius 2 is 2.13 bits per heavy atom. The standard InChI is InChI=1S/C16H11N3O2S2/c20-15(11-8-10-4-1-2-5-13(10)23-19-11)18-16-17-12(9-21-16)14-6-3-7-22-14/h1-9,19H,(H,17,18,20). The van der Waals surface area contributed by atoms with Crippen molar-refractivity contribution >= 4 is 41.3 Å². The van der Waals surface area contributed by atoms with Crippen molar-refractivity contribution in [3.05, 3.63) is 59.3 Å². The van der Waals surface area contributed by atoms with E-state index >= 15 is 0 Å². The minimum absolute atomic E-state index is 0.185. The predicted molar refractivity (Wildman–Crippen MR) is 91.9 cm³/mol. The second-order valence-electron chi connectivity index (χ2n) is 4.77. The molecule has 0 saturated carbocycles. The molecule has 3 aromatic rings. The number of oxazole rings is 1. The quantitative estimate of drug-likeness (QED) is 0.705. The van der Waals surface area contributed by atoms with Crippen LogP contribution in [-0.4, -0.2) is 10.9 Å². The van der Waals surface area contributed by atoms with Crippen molar-refractivity contribution in [3.8, 4) is 10.6 Å². The molecule has 0 saturated heterocycles. The van der Waals surface area contributed by atoms with Crippen LogP contribution >= 0.6 is 23.3 Å². The van der Waals surface area contributed by atoms with Crippen LogP contribution < -0.4 is 10.0 Å². The summed E-state index contributed by atoms with van der Waals surface area (Å²) in [5.41, 5.74) is 2.18. The molecule has 1 aliphatic heterocycles. The van der Waals surface area contributed by atoms with Crippen LogP contribution in [-0.2, 0) is 4.79 Å². The first-order valence-electron chi connectivity index (χ1n) is 6.84. The molecule has 0 atom stereocenters. The lowest BCUT2D eigenvalue weighted by atomic mass is 10.2. The highest BCUT2D eigenvalue weighted by atomic mass is 32.2. The smallest absolute Gasteiger partial charge is 0.302 e. The Kier molecular flexibility index (Phi) is 3.64. The third kappa shape index (κ3) is 2.88. The van der Waals surface area contributed by atoms with E-state index < -0.39 is 0 Å². The van der Waals surface area contributed by atoms with Gasteiger partial charge < -0.3 is 9.14 Å². The number of aromatic nitrogens is 1. The lowest BCUT2D eigenvalue weighted by molar-refractivity contribution is -0.113. The minimum Gasteiger partial charge on any atom is -0.431 e. The fraction of sp³-hybridized carbons (Fsp3) is 0. The minimum atomic E-state index is -0.286. The first-order valence-corrected chi connectivity index (χ1v) is 8.53. The molecule has 1 aliphatic rings. The zero-order valence-corrected chi connectivity index (χ0v) is 13.4. The van der Waals surface area contributed by atoms with Crippen molar-refractivity contribution in [2.45, 2.75) is 4.90 Å². The largest absolute Gasteiger partial charge is 0.431 e. The molecular formula is C16H11N3O2S2. The van der Waals surface area contributed by atoms with Crippen LogP contribution in [0.5, 0.6) is 0 Å². The number of hydrogen-bond acceptors (Lipinski definition) is 6. The third-order valence-corrected chi connectivity index (χ3v) is 5.04. The highest BCUT2D eigenvalue weighted by Gasteiger charge is 2.18. The van der Waals surface area contributed by atoms with Gasteiger partial charge >= 0.3 is 6.01 Å². The monoisotopic (exact) mass is 341 g/mol. The van der Waals surface area contributed by atoms with Gasteiger partial charge in [0.15, 0.2) is 0 Å². The Morgan fingerprint density at radius 1 is 1.22 bits per heavy atom. The molecule has 7 heteroatoms. The highest BCUT2D eigenvalue weighted by molar-refractivity contribution is 7.97. The van der Waals surface area contributed by atoms with E-state index in [1.54, 1.807) is 11.3 Å².